The van der Waals surface area contributed by atoms with Crippen LogP contribution in [0, 0.1) is 5.92 Å². The summed E-state index contributed by atoms with van der Waals surface area (Å²) in [5, 5.41) is 3.79. The lowest BCUT2D eigenvalue weighted by Crippen LogP contribution is -2.59. The smallest absolute Gasteiger partial charge is 0.0224 e. The van der Waals surface area contributed by atoms with Crippen molar-refractivity contribution in [3.05, 3.63) is 35.9 Å². The number of nitrogens with zero attached hydrogens (tertiary/aromatic N) is 1. The summed E-state index contributed by atoms with van der Waals surface area (Å²) in [6.07, 6.45) is 5.31. The average molecular weight is 272 g/mol. The molecule has 1 aliphatic carbocycles. The SMILES string of the molecule is CCC1CNC(C2CC2)CN1C(C)Cc1ccccc1. The van der Waals surface area contributed by atoms with Gasteiger partial charge in [-0.15, -0.1) is 0 Å². The molecule has 20 heavy (non-hydrogen) atoms. The van der Waals surface area contributed by atoms with E-state index in [0.717, 1.165) is 12.0 Å². The summed E-state index contributed by atoms with van der Waals surface area (Å²) in [4.78, 5) is 2.77. The van der Waals surface area contributed by atoms with Crippen molar-refractivity contribution in [1.29, 1.82) is 0 Å². The van der Waals surface area contributed by atoms with Crippen LogP contribution in [0.25, 0.3) is 0 Å². The van der Waals surface area contributed by atoms with E-state index in [4.69, 9.17) is 0 Å². The maximum atomic E-state index is 3.79. The molecule has 1 aromatic carbocycles. The minimum absolute atomic E-state index is 0.644. The highest BCUT2D eigenvalue weighted by Crippen LogP contribution is 2.35. The van der Waals surface area contributed by atoms with Gasteiger partial charge in [0.15, 0.2) is 0 Å². The first-order valence-corrected chi connectivity index (χ1v) is 8.31. The van der Waals surface area contributed by atoms with E-state index in [1.807, 2.05) is 0 Å². The molecule has 0 radical (unpaired) electrons. The Morgan fingerprint density at radius 2 is 2.00 bits per heavy atom. The molecule has 1 saturated carbocycles. The van der Waals surface area contributed by atoms with Gasteiger partial charge in [-0.25, -0.2) is 0 Å². The Morgan fingerprint density at radius 1 is 1.25 bits per heavy atom. The molecule has 2 heteroatoms. The number of nitrogens with one attached hydrogen (secondary N) is 1. The van der Waals surface area contributed by atoms with Gasteiger partial charge in [-0.3, -0.25) is 4.90 Å². The Balaban J connectivity index is 1.64. The van der Waals surface area contributed by atoms with Crippen LogP contribution in [0.5, 0.6) is 0 Å². The molecule has 2 fully saturated rings. The number of benzene rings is 1. The van der Waals surface area contributed by atoms with Gasteiger partial charge in [0.05, 0.1) is 0 Å². The van der Waals surface area contributed by atoms with E-state index >= 15 is 0 Å². The van der Waals surface area contributed by atoms with Crippen molar-refractivity contribution in [1.82, 2.24) is 10.2 Å². The minimum atomic E-state index is 0.644. The van der Waals surface area contributed by atoms with E-state index in [-0.39, 0.29) is 0 Å². The van der Waals surface area contributed by atoms with Crippen LogP contribution >= 0.6 is 0 Å². The third kappa shape index (κ3) is 3.24. The summed E-state index contributed by atoms with van der Waals surface area (Å²) >= 11 is 0. The molecule has 2 aliphatic rings. The van der Waals surface area contributed by atoms with Crippen LogP contribution in [0.15, 0.2) is 30.3 Å². The van der Waals surface area contributed by atoms with Gasteiger partial charge >= 0.3 is 0 Å². The van der Waals surface area contributed by atoms with Crippen LogP contribution in [0.1, 0.15) is 38.7 Å². The van der Waals surface area contributed by atoms with Gasteiger partial charge in [0.25, 0.3) is 0 Å². The number of piperazine rings is 1. The second kappa shape index (κ2) is 6.28. The van der Waals surface area contributed by atoms with Crippen molar-refractivity contribution in [2.45, 2.75) is 57.7 Å². The lowest BCUT2D eigenvalue weighted by atomic mass is 9.98. The first kappa shape index (κ1) is 14.1. The van der Waals surface area contributed by atoms with Crippen LogP contribution in [0.2, 0.25) is 0 Å². The standard InChI is InChI=1S/C18H28N2/c1-3-17-12-19-18(16-9-10-16)13-20(17)14(2)11-15-7-5-4-6-8-15/h4-8,14,16-19H,3,9-13H2,1-2H3. The third-order valence-corrected chi connectivity index (χ3v) is 5.09. The topological polar surface area (TPSA) is 15.3 Å². The van der Waals surface area contributed by atoms with Gasteiger partial charge in [0.2, 0.25) is 0 Å². The van der Waals surface area contributed by atoms with Gasteiger partial charge in [-0.1, -0.05) is 37.3 Å². The Labute approximate surface area is 123 Å². The van der Waals surface area contributed by atoms with E-state index in [2.05, 4.69) is 54.4 Å². The zero-order valence-corrected chi connectivity index (χ0v) is 12.9. The van der Waals surface area contributed by atoms with Crippen LogP contribution in [-0.2, 0) is 6.42 Å². The highest BCUT2D eigenvalue weighted by Gasteiger charge is 2.37. The summed E-state index contributed by atoms with van der Waals surface area (Å²) in [7, 11) is 0. The maximum Gasteiger partial charge on any atom is 0.0224 e. The molecule has 1 heterocycles. The molecular formula is C18H28N2. The summed E-state index contributed by atoms with van der Waals surface area (Å²) < 4.78 is 0. The average Bonchev–Trinajstić information content (AvgIpc) is 3.32. The first-order valence-electron chi connectivity index (χ1n) is 8.31. The molecule has 1 aromatic rings. The summed E-state index contributed by atoms with van der Waals surface area (Å²) in [5.41, 5.74) is 1.47. The second-order valence-corrected chi connectivity index (χ2v) is 6.65. The van der Waals surface area contributed by atoms with Crippen molar-refractivity contribution < 1.29 is 0 Å². The Morgan fingerprint density at radius 3 is 2.65 bits per heavy atom. The molecule has 3 unspecified atom stereocenters. The Hall–Kier alpha value is -0.860. The van der Waals surface area contributed by atoms with Gasteiger partial charge in [0.1, 0.15) is 0 Å². The molecule has 0 spiro atoms. The van der Waals surface area contributed by atoms with E-state index in [9.17, 15) is 0 Å². The van der Waals surface area contributed by atoms with Gasteiger partial charge in [-0.2, -0.15) is 0 Å². The van der Waals surface area contributed by atoms with Crippen molar-refractivity contribution in [3.8, 4) is 0 Å². The molecule has 110 valence electrons. The van der Waals surface area contributed by atoms with Gasteiger partial charge in [0, 0.05) is 31.2 Å². The summed E-state index contributed by atoms with van der Waals surface area (Å²) in [5.74, 6) is 0.958. The van der Waals surface area contributed by atoms with Gasteiger partial charge in [-0.05, 0) is 44.1 Å². The normalized spacial score (nSPS) is 29.3. The molecule has 1 aliphatic heterocycles. The molecule has 1 N–H and O–H groups in total. The Kier molecular flexibility index (Phi) is 4.42. The molecule has 0 bridgehead atoms. The van der Waals surface area contributed by atoms with Crippen LogP contribution in [-0.4, -0.2) is 36.1 Å². The number of rotatable bonds is 5. The van der Waals surface area contributed by atoms with Crippen molar-refractivity contribution in [2.24, 2.45) is 5.92 Å². The molecule has 1 saturated heterocycles. The first-order chi connectivity index (χ1) is 9.78. The van der Waals surface area contributed by atoms with E-state index in [0.29, 0.717) is 12.1 Å². The highest BCUT2D eigenvalue weighted by atomic mass is 15.3. The zero-order chi connectivity index (χ0) is 13.9. The molecule has 3 atom stereocenters. The molecule has 2 nitrogen and oxygen atoms in total. The van der Waals surface area contributed by atoms with Crippen molar-refractivity contribution in [2.75, 3.05) is 13.1 Å². The highest BCUT2D eigenvalue weighted by molar-refractivity contribution is 5.16. The van der Waals surface area contributed by atoms with E-state index < -0.39 is 0 Å². The van der Waals surface area contributed by atoms with Gasteiger partial charge < -0.3 is 5.32 Å². The summed E-state index contributed by atoms with van der Waals surface area (Å²) in [6, 6.07) is 13.0. The molecule has 3 rings (SSSR count). The fraction of sp³-hybridized carbons (Fsp3) is 0.667. The van der Waals surface area contributed by atoms with E-state index in [1.54, 1.807) is 0 Å². The van der Waals surface area contributed by atoms with Crippen molar-refractivity contribution in [3.63, 3.8) is 0 Å². The zero-order valence-electron chi connectivity index (χ0n) is 12.9. The predicted octanol–water partition coefficient (Wildman–Crippen LogP) is 3.08. The maximum absolute atomic E-state index is 3.79. The second-order valence-electron chi connectivity index (χ2n) is 6.65. The third-order valence-electron chi connectivity index (χ3n) is 5.09. The Bertz CT molecular complexity index is 413. The lowest BCUT2D eigenvalue weighted by Gasteiger charge is -2.44. The summed E-state index contributed by atoms with van der Waals surface area (Å²) in [6.45, 7) is 7.16. The largest absolute Gasteiger partial charge is 0.311 e. The van der Waals surface area contributed by atoms with Crippen LogP contribution in [0.4, 0.5) is 0 Å². The fourth-order valence-corrected chi connectivity index (χ4v) is 3.65. The lowest BCUT2D eigenvalue weighted by molar-refractivity contribution is 0.0805. The molecule has 0 aromatic heterocycles. The number of hydrogen-bond acceptors (Lipinski definition) is 2. The van der Waals surface area contributed by atoms with Crippen LogP contribution in [0.3, 0.4) is 0 Å². The van der Waals surface area contributed by atoms with E-state index in [1.165, 1.54) is 44.3 Å². The monoisotopic (exact) mass is 272 g/mol. The molecule has 0 amide bonds. The fourth-order valence-electron chi connectivity index (χ4n) is 3.65. The minimum Gasteiger partial charge on any atom is -0.311 e. The quantitative estimate of drug-likeness (QED) is 0.886. The predicted molar refractivity (Wildman–Crippen MR) is 84.9 cm³/mol. The molecular weight excluding hydrogens is 244 g/mol. The van der Waals surface area contributed by atoms with Crippen LogP contribution < -0.4 is 5.32 Å². The van der Waals surface area contributed by atoms with Crippen molar-refractivity contribution >= 4 is 0 Å². The number of hydrogen-bond donors (Lipinski definition) is 1.